The normalized spacial score (nSPS) is 17.8. The fraction of sp³-hybridized carbons (Fsp3) is 0.389. The highest BCUT2D eigenvalue weighted by molar-refractivity contribution is 7.13. The molecule has 4 rings (SSSR count). The molecule has 6 nitrogen and oxygen atoms in total. The van der Waals surface area contributed by atoms with Crippen molar-refractivity contribution in [3.05, 3.63) is 48.0 Å². The van der Waals surface area contributed by atoms with E-state index in [-0.39, 0.29) is 5.91 Å². The lowest BCUT2D eigenvalue weighted by Gasteiger charge is -2.32. The van der Waals surface area contributed by atoms with E-state index < -0.39 is 0 Å². The van der Waals surface area contributed by atoms with E-state index in [9.17, 15) is 4.79 Å². The topological polar surface area (TPSA) is 56.0 Å². The maximum atomic E-state index is 13.0. The van der Waals surface area contributed by atoms with Crippen molar-refractivity contribution in [2.24, 2.45) is 13.0 Å². The summed E-state index contributed by atoms with van der Waals surface area (Å²) in [6.07, 6.45) is 7.81. The summed E-state index contributed by atoms with van der Waals surface area (Å²) in [6.45, 7) is 2.52. The molecule has 0 aliphatic carbocycles. The van der Waals surface area contributed by atoms with Crippen LogP contribution >= 0.6 is 11.3 Å². The monoisotopic (exact) mass is 355 g/mol. The Labute approximate surface area is 150 Å². The Morgan fingerprint density at radius 2 is 2.36 bits per heavy atom. The maximum Gasteiger partial charge on any atom is 0.272 e. The zero-order valence-electron chi connectivity index (χ0n) is 14.2. The molecule has 4 heterocycles. The van der Waals surface area contributed by atoms with Crippen LogP contribution in [-0.4, -0.2) is 43.2 Å². The summed E-state index contributed by atoms with van der Waals surface area (Å²) in [4.78, 5) is 20.2. The Kier molecular flexibility index (Phi) is 4.40. The molecule has 0 unspecified atom stereocenters. The first kappa shape index (κ1) is 16.1. The van der Waals surface area contributed by atoms with Gasteiger partial charge in [0.2, 0.25) is 0 Å². The first-order valence-corrected chi connectivity index (χ1v) is 9.41. The number of nitrogens with zero attached hydrogens (tertiary/aromatic N) is 5. The molecule has 1 atom stereocenters. The van der Waals surface area contributed by atoms with E-state index in [1.807, 2.05) is 48.1 Å². The molecule has 3 aromatic heterocycles. The summed E-state index contributed by atoms with van der Waals surface area (Å²) >= 11 is 1.64. The van der Waals surface area contributed by atoms with Crippen LogP contribution in [0.15, 0.2) is 42.3 Å². The highest BCUT2D eigenvalue weighted by Crippen LogP contribution is 2.25. The number of likely N-dealkylation sites (tertiary alicyclic amines) is 1. The van der Waals surface area contributed by atoms with Crippen LogP contribution in [0.1, 0.15) is 23.3 Å². The molecular weight excluding hydrogens is 334 g/mol. The number of imidazole rings is 1. The molecule has 130 valence electrons. The number of hydrogen-bond donors (Lipinski definition) is 0. The van der Waals surface area contributed by atoms with Crippen molar-refractivity contribution < 1.29 is 4.79 Å². The summed E-state index contributed by atoms with van der Waals surface area (Å²) < 4.78 is 3.80. The second-order valence-corrected chi connectivity index (χ2v) is 7.48. The SMILES string of the molecule is Cn1nc(-c2cccs2)cc1C(=O)N1CCC[C@H](Cn2ccnc2)C1. The number of carbonyl (C=O) groups is 1. The van der Waals surface area contributed by atoms with Gasteiger partial charge in [-0.3, -0.25) is 9.48 Å². The number of thiophene rings is 1. The molecule has 1 saturated heterocycles. The van der Waals surface area contributed by atoms with Gasteiger partial charge in [-0.1, -0.05) is 6.07 Å². The second kappa shape index (κ2) is 6.84. The van der Waals surface area contributed by atoms with Crippen molar-refractivity contribution >= 4 is 17.2 Å². The van der Waals surface area contributed by atoms with Crippen molar-refractivity contribution in [1.82, 2.24) is 24.2 Å². The van der Waals surface area contributed by atoms with E-state index >= 15 is 0 Å². The summed E-state index contributed by atoms with van der Waals surface area (Å²) in [7, 11) is 1.84. The van der Waals surface area contributed by atoms with E-state index in [1.54, 1.807) is 22.2 Å². The molecule has 1 fully saturated rings. The molecule has 1 amide bonds. The summed E-state index contributed by atoms with van der Waals surface area (Å²) in [5.41, 5.74) is 1.53. The van der Waals surface area contributed by atoms with Crippen LogP contribution < -0.4 is 0 Å². The molecule has 1 aliphatic heterocycles. The third-order valence-corrected chi connectivity index (χ3v) is 5.60. The average molecular weight is 355 g/mol. The number of aromatic nitrogens is 4. The fourth-order valence-electron chi connectivity index (χ4n) is 3.47. The highest BCUT2D eigenvalue weighted by Gasteiger charge is 2.27. The van der Waals surface area contributed by atoms with Crippen LogP contribution in [0.4, 0.5) is 0 Å². The van der Waals surface area contributed by atoms with Crippen LogP contribution in [0.5, 0.6) is 0 Å². The maximum absolute atomic E-state index is 13.0. The van der Waals surface area contributed by atoms with Crippen LogP contribution in [0.2, 0.25) is 0 Å². The number of piperidine rings is 1. The van der Waals surface area contributed by atoms with E-state index in [2.05, 4.69) is 14.6 Å². The lowest BCUT2D eigenvalue weighted by Crippen LogP contribution is -2.41. The van der Waals surface area contributed by atoms with Gasteiger partial charge in [0.25, 0.3) is 5.91 Å². The lowest BCUT2D eigenvalue weighted by atomic mass is 9.97. The highest BCUT2D eigenvalue weighted by atomic mass is 32.1. The molecule has 0 saturated carbocycles. The third kappa shape index (κ3) is 3.37. The van der Waals surface area contributed by atoms with Crippen molar-refractivity contribution in [1.29, 1.82) is 0 Å². The molecule has 3 aromatic rings. The molecule has 0 aromatic carbocycles. The van der Waals surface area contributed by atoms with Crippen molar-refractivity contribution in [2.75, 3.05) is 13.1 Å². The standard InChI is InChI=1S/C18H21N5OS/c1-21-16(10-15(20-21)17-5-3-9-25-17)18(24)23-7-2-4-14(12-23)11-22-8-6-19-13-22/h3,5-6,8-10,13-14H,2,4,7,11-12H2,1H3/t14-/m1/s1. The Balaban J connectivity index is 1.48. The van der Waals surface area contributed by atoms with Gasteiger partial charge in [-0.15, -0.1) is 11.3 Å². The minimum Gasteiger partial charge on any atom is -0.337 e. The summed E-state index contributed by atoms with van der Waals surface area (Å²) in [5, 5.41) is 6.54. The Morgan fingerprint density at radius 3 is 3.12 bits per heavy atom. The Hall–Kier alpha value is -2.41. The predicted molar refractivity (Wildman–Crippen MR) is 97.4 cm³/mol. The van der Waals surface area contributed by atoms with Crippen molar-refractivity contribution in [3.8, 4) is 10.6 Å². The molecule has 1 aliphatic rings. The quantitative estimate of drug-likeness (QED) is 0.723. The number of hydrogen-bond acceptors (Lipinski definition) is 4. The van der Waals surface area contributed by atoms with E-state index in [1.165, 1.54) is 0 Å². The average Bonchev–Trinajstić information content (AvgIpc) is 3.36. The third-order valence-electron chi connectivity index (χ3n) is 4.71. The zero-order valence-corrected chi connectivity index (χ0v) is 15.0. The Bertz CT molecular complexity index is 837. The fourth-order valence-corrected chi connectivity index (χ4v) is 4.15. The summed E-state index contributed by atoms with van der Waals surface area (Å²) in [6, 6.07) is 5.94. The number of carbonyl (C=O) groups excluding carboxylic acids is 1. The molecule has 7 heteroatoms. The number of amides is 1. The van der Waals surface area contributed by atoms with Crippen molar-refractivity contribution in [3.63, 3.8) is 0 Å². The Morgan fingerprint density at radius 1 is 1.44 bits per heavy atom. The number of rotatable bonds is 4. The van der Waals surface area contributed by atoms with Crippen molar-refractivity contribution in [2.45, 2.75) is 19.4 Å². The molecule has 0 N–H and O–H groups in total. The number of aryl methyl sites for hydroxylation is 1. The van der Waals surface area contributed by atoms with E-state index in [0.717, 1.165) is 43.0 Å². The molecule has 0 bridgehead atoms. The van der Waals surface area contributed by atoms with Gasteiger partial charge in [-0.2, -0.15) is 5.10 Å². The van der Waals surface area contributed by atoms with Gasteiger partial charge in [0, 0.05) is 39.1 Å². The van der Waals surface area contributed by atoms with Gasteiger partial charge < -0.3 is 9.47 Å². The largest absolute Gasteiger partial charge is 0.337 e. The minimum atomic E-state index is 0.0770. The zero-order chi connectivity index (χ0) is 17.2. The summed E-state index contributed by atoms with van der Waals surface area (Å²) in [5.74, 6) is 0.546. The lowest BCUT2D eigenvalue weighted by molar-refractivity contribution is 0.0651. The molecule has 25 heavy (non-hydrogen) atoms. The van der Waals surface area contributed by atoms with Crippen LogP contribution in [0.25, 0.3) is 10.6 Å². The molecule has 0 spiro atoms. The van der Waals surface area contributed by atoms with Gasteiger partial charge in [-0.25, -0.2) is 4.98 Å². The van der Waals surface area contributed by atoms with E-state index in [0.29, 0.717) is 11.6 Å². The van der Waals surface area contributed by atoms with Gasteiger partial charge in [0.1, 0.15) is 11.4 Å². The minimum absolute atomic E-state index is 0.0770. The van der Waals surface area contributed by atoms with Gasteiger partial charge in [-0.05, 0) is 36.3 Å². The molecule has 0 radical (unpaired) electrons. The first-order chi connectivity index (χ1) is 12.2. The van der Waals surface area contributed by atoms with Crippen LogP contribution in [0.3, 0.4) is 0 Å². The van der Waals surface area contributed by atoms with Crippen LogP contribution in [0, 0.1) is 5.92 Å². The smallest absolute Gasteiger partial charge is 0.272 e. The van der Waals surface area contributed by atoms with Gasteiger partial charge in [0.05, 0.1) is 11.2 Å². The van der Waals surface area contributed by atoms with Crippen LogP contribution in [-0.2, 0) is 13.6 Å². The first-order valence-electron chi connectivity index (χ1n) is 8.53. The van der Waals surface area contributed by atoms with E-state index in [4.69, 9.17) is 0 Å². The predicted octanol–water partition coefficient (Wildman–Crippen LogP) is 2.90. The second-order valence-electron chi connectivity index (χ2n) is 6.53. The van der Waals surface area contributed by atoms with Gasteiger partial charge >= 0.3 is 0 Å². The van der Waals surface area contributed by atoms with Gasteiger partial charge in [0.15, 0.2) is 0 Å². The molecular formula is C18H21N5OS.